The van der Waals surface area contributed by atoms with Crippen molar-refractivity contribution in [3.63, 3.8) is 0 Å². The Labute approximate surface area is 120 Å². The Morgan fingerprint density at radius 2 is 2.05 bits per heavy atom. The Kier molecular flexibility index (Phi) is 4.21. The van der Waals surface area contributed by atoms with Crippen molar-refractivity contribution in [1.82, 2.24) is 10.6 Å². The predicted octanol–water partition coefficient (Wildman–Crippen LogP) is 1.39. The Morgan fingerprint density at radius 3 is 2.68 bits per heavy atom. The molecule has 0 spiro atoms. The van der Waals surface area contributed by atoms with Crippen LogP contribution >= 0.6 is 15.9 Å². The largest absolute Gasteiger partial charge is 0.383 e. The van der Waals surface area contributed by atoms with Crippen LogP contribution in [0.2, 0.25) is 0 Å². The third-order valence-corrected chi connectivity index (χ3v) is 3.57. The van der Waals surface area contributed by atoms with Gasteiger partial charge in [-0.25, -0.2) is 0 Å². The lowest BCUT2D eigenvalue weighted by atomic mass is 9.92. The number of amides is 1. The molecule has 102 valence electrons. The minimum atomic E-state index is -0.785. The molecule has 1 aromatic rings. The molecule has 2 N–H and O–H groups in total. The Hall–Kier alpha value is -1.40. The molecule has 0 bridgehead atoms. The van der Waals surface area contributed by atoms with Crippen LogP contribution in [0.4, 0.5) is 0 Å². The van der Waals surface area contributed by atoms with Crippen molar-refractivity contribution in [2.24, 2.45) is 4.99 Å². The van der Waals surface area contributed by atoms with Gasteiger partial charge in [0.15, 0.2) is 5.96 Å². The van der Waals surface area contributed by atoms with E-state index in [1.54, 1.807) is 7.11 Å². The van der Waals surface area contributed by atoms with Crippen LogP contribution < -0.4 is 10.6 Å². The smallest absolute Gasteiger partial charge is 0.256 e. The van der Waals surface area contributed by atoms with E-state index in [1.807, 2.05) is 31.2 Å². The number of methoxy groups -OCH3 is 1. The first-order chi connectivity index (χ1) is 9.06. The number of hydrogen-bond donors (Lipinski definition) is 2. The standard InChI is InChI=1S/C13H16BrN3O2/c1-13(9-3-5-10(14)6-4-9)11(18)16-12(17-13)15-7-8-19-2/h3-6H,7-8H2,1-2H3,(H2,15,16,17,18). The van der Waals surface area contributed by atoms with E-state index in [0.29, 0.717) is 19.1 Å². The summed E-state index contributed by atoms with van der Waals surface area (Å²) in [4.78, 5) is 16.4. The fraction of sp³-hybridized carbons (Fsp3) is 0.385. The van der Waals surface area contributed by atoms with E-state index in [9.17, 15) is 4.79 Å². The summed E-state index contributed by atoms with van der Waals surface area (Å²) in [5.74, 6) is 0.387. The van der Waals surface area contributed by atoms with Gasteiger partial charge in [0.2, 0.25) is 0 Å². The highest BCUT2D eigenvalue weighted by atomic mass is 79.9. The fourth-order valence-corrected chi connectivity index (χ4v) is 2.14. The van der Waals surface area contributed by atoms with Crippen molar-refractivity contribution in [2.75, 3.05) is 20.3 Å². The molecule has 1 saturated heterocycles. The second-order valence-electron chi connectivity index (χ2n) is 4.43. The zero-order valence-electron chi connectivity index (χ0n) is 10.9. The molecule has 0 aliphatic carbocycles. The highest BCUT2D eigenvalue weighted by Gasteiger charge is 2.42. The van der Waals surface area contributed by atoms with Gasteiger partial charge in [-0.2, -0.15) is 0 Å². The van der Waals surface area contributed by atoms with Crippen LogP contribution in [0, 0.1) is 0 Å². The summed E-state index contributed by atoms with van der Waals surface area (Å²) in [5, 5.41) is 5.88. The zero-order chi connectivity index (χ0) is 13.9. The summed E-state index contributed by atoms with van der Waals surface area (Å²) in [6.07, 6.45) is 0. The van der Waals surface area contributed by atoms with Gasteiger partial charge in [0, 0.05) is 11.6 Å². The lowest BCUT2D eigenvalue weighted by Gasteiger charge is -2.21. The first-order valence-corrected chi connectivity index (χ1v) is 6.74. The van der Waals surface area contributed by atoms with Gasteiger partial charge in [0.25, 0.3) is 5.91 Å². The van der Waals surface area contributed by atoms with Crippen molar-refractivity contribution < 1.29 is 9.53 Å². The summed E-state index contributed by atoms with van der Waals surface area (Å²) in [7, 11) is 1.62. The van der Waals surface area contributed by atoms with Crippen LogP contribution in [0.5, 0.6) is 0 Å². The minimum Gasteiger partial charge on any atom is -0.383 e. The number of ether oxygens (including phenoxy) is 1. The molecule has 1 unspecified atom stereocenters. The quantitative estimate of drug-likeness (QED) is 0.822. The van der Waals surface area contributed by atoms with E-state index in [0.717, 1.165) is 10.0 Å². The van der Waals surface area contributed by atoms with Crippen LogP contribution in [0.1, 0.15) is 12.5 Å². The Bertz CT molecular complexity index is 501. The van der Waals surface area contributed by atoms with E-state index in [-0.39, 0.29) is 5.91 Å². The number of halogens is 1. The van der Waals surface area contributed by atoms with E-state index in [4.69, 9.17) is 4.74 Å². The first kappa shape index (κ1) is 14.0. The third kappa shape index (κ3) is 2.96. The summed E-state index contributed by atoms with van der Waals surface area (Å²) >= 11 is 3.38. The molecule has 1 atom stereocenters. The van der Waals surface area contributed by atoms with E-state index >= 15 is 0 Å². The lowest BCUT2D eigenvalue weighted by molar-refractivity contribution is -0.123. The van der Waals surface area contributed by atoms with Gasteiger partial charge in [0.1, 0.15) is 5.54 Å². The average molecular weight is 326 g/mol. The molecule has 2 rings (SSSR count). The van der Waals surface area contributed by atoms with Crippen LogP contribution in [0.3, 0.4) is 0 Å². The molecule has 1 aliphatic rings. The molecule has 19 heavy (non-hydrogen) atoms. The number of aliphatic imine (C=N–C) groups is 1. The molecular formula is C13H16BrN3O2. The second kappa shape index (κ2) is 5.71. The Morgan fingerprint density at radius 1 is 1.37 bits per heavy atom. The maximum atomic E-state index is 12.1. The zero-order valence-corrected chi connectivity index (χ0v) is 12.5. The van der Waals surface area contributed by atoms with Crippen molar-refractivity contribution in [3.05, 3.63) is 34.3 Å². The topological polar surface area (TPSA) is 62.7 Å². The van der Waals surface area contributed by atoms with E-state index < -0.39 is 5.54 Å². The van der Waals surface area contributed by atoms with Crippen LogP contribution in [0.15, 0.2) is 33.7 Å². The molecule has 0 saturated carbocycles. The van der Waals surface area contributed by atoms with Crippen LogP contribution in [0.25, 0.3) is 0 Å². The number of carbonyl (C=O) groups is 1. The number of nitrogens with zero attached hydrogens (tertiary/aromatic N) is 1. The summed E-state index contributed by atoms with van der Waals surface area (Å²) < 4.78 is 5.90. The Balaban J connectivity index is 2.18. The molecule has 1 heterocycles. The molecule has 1 aliphatic heterocycles. The molecule has 1 amide bonds. The molecular weight excluding hydrogens is 310 g/mol. The second-order valence-corrected chi connectivity index (χ2v) is 5.35. The van der Waals surface area contributed by atoms with Crippen molar-refractivity contribution >= 4 is 27.8 Å². The monoisotopic (exact) mass is 325 g/mol. The number of nitrogens with one attached hydrogen (secondary N) is 2. The van der Waals surface area contributed by atoms with Gasteiger partial charge in [-0.3, -0.25) is 15.1 Å². The van der Waals surface area contributed by atoms with Gasteiger partial charge >= 0.3 is 0 Å². The number of benzene rings is 1. The number of rotatable bonds is 4. The predicted molar refractivity (Wildman–Crippen MR) is 77.0 cm³/mol. The minimum absolute atomic E-state index is 0.106. The lowest BCUT2D eigenvalue weighted by Crippen LogP contribution is -2.40. The van der Waals surface area contributed by atoms with Gasteiger partial charge < -0.3 is 10.1 Å². The van der Waals surface area contributed by atoms with Gasteiger partial charge in [-0.15, -0.1) is 0 Å². The summed E-state index contributed by atoms with van der Waals surface area (Å²) in [6, 6.07) is 7.65. The van der Waals surface area contributed by atoms with Gasteiger partial charge in [0.05, 0.1) is 13.2 Å². The van der Waals surface area contributed by atoms with Crippen molar-refractivity contribution in [1.29, 1.82) is 0 Å². The molecule has 1 fully saturated rings. The SMILES string of the molecule is COCCN=C1NC(=O)C(C)(c2ccc(Br)cc2)N1. The number of carbonyl (C=O) groups excluding carboxylic acids is 1. The number of guanidine groups is 1. The normalized spacial score (nSPS) is 24.4. The maximum Gasteiger partial charge on any atom is 0.256 e. The van der Waals surface area contributed by atoms with E-state index in [2.05, 4.69) is 31.6 Å². The highest BCUT2D eigenvalue weighted by Crippen LogP contribution is 2.25. The molecule has 6 heteroatoms. The average Bonchev–Trinajstić information content (AvgIpc) is 2.67. The summed E-state index contributed by atoms with van der Waals surface area (Å²) in [6.45, 7) is 2.87. The molecule has 0 aromatic heterocycles. The third-order valence-electron chi connectivity index (χ3n) is 3.04. The first-order valence-electron chi connectivity index (χ1n) is 5.95. The van der Waals surface area contributed by atoms with Gasteiger partial charge in [-0.05, 0) is 24.6 Å². The number of hydrogen-bond acceptors (Lipinski definition) is 3. The fourth-order valence-electron chi connectivity index (χ4n) is 1.87. The summed E-state index contributed by atoms with van der Waals surface area (Å²) in [5.41, 5.74) is 0.109. The van der Waals surface area contributed by atoms with Crippen LogP contribution in [-0.2, 0) is 15.1 Å². The van der Waals surface area contributed by atoms with Crippen molar-refractivity contribution in [2.45, 2.75) is 12.5 Å². The van der Waals surface area contributed by atoms with Gasteiger partial charge in [-0.1, -0.05) is 28.1 Å². The maximum absolute atomic E-state index is 12.1. The molecule has 1 aromatic carbocycles. The van der Waals surface area contributed by atoms with Crippen molar-refractivity contribution in [3.8, 4) is 0 Å². The molecule has 5 nitrogen and oxygen atoms in total. The van der Waals surface area contributed by atoms with Crippen LogP contribution in [-0.4, -0.2) is 32.1 Å². The highest BCUT2D eigenvalue weighted by molar-refractivity contribution is 9.10. The molecule has 0 radical (unpaired) electrons. The van der Waals surface area contributed by atoms with E-state index in [1.165, 1.54) is 0 Å².